The first kappa shape index (κ1) is 14.6. The van der Waals surface area contributed by atoms with Crippen molar-refractivity contribution in [1.29, 1.82) is 0 Å². The summed E-state index contributed by atoms with van der Waals surface area (Å²) in [6, 6.07) is 5.49. The molecule has 0 saturated heterocycles. The SMILES string of the molecule is O=C(CC1(Cn2cnnn2)CCCCC1)Nc1ccccn1. The number of carbonyl (C=O) groups is 1. The lowest BCUT2D eigenvalue weighted by molar-refractivity contribution is -0.119. The van der Waals surface area contributed by atoms with E-state index < -0.39 is 0 Å². The van der Waals surface area contributed by atoms with Gasteiger partial charge in [-0.05, 0) is 40.8 Å². The van der Waals surface area contributed by atoms with Gasteiger partial charge in [0.15, 0.2) is 0 Å². The van der Waals surface area contributed by atoms with Crippen LogP contribution in [-0.2, 0) is 11.3 Å². The minimum absolute atomic E-state index is 0.00803. The number of tetrazole rings is 1. The number of nitrogens with zero attached hydrogens (tertiary/aromatic N) is 5. The third-order valence-corrected chi connectivity index (χ3v) is 4.27. The number of rotatable bonds is 5. The summed E-state index contributed by atoms with van der Waals surface area (Å²) in [6.45, 7) is 0.690. The highest BCUT2D eigenvalue weighted by Crippen LogP contribution is 2.40. The van der Waals surface area contributed by atoms with Crippen molar-refractivity contribution in [3.05, 3.63) is 30.7 Å². The van der Waals surface area contributed by atoms with Crippen molar-refractivity contribution in [1.82, 2.24) is 25.2 Å². The van der Waals surface area contributed by atoms with E-state index >= 15 is 0 Å². The van der Waals surface area contributed by atoms with Crippen LogP contribution in [0.2, 0.25) is 0 Å². The van der Waals surface area contributed by atoms with Crippen molar-refractivity contribution in [2.75, 3.05) is 5.32 Å². The summed E-state index contributed by atoms with van der Waals surface area (Å²) in [5.74, 6) is 0.606. The van der Waals surface area contributed by atoms with E-state index in [1.807, 2.05) is 12.1 Å². The summed E-state index contributed by atoms with van der Waals surface area (Å²) >= 11 is 0. The van der Waals surface area contributed by atoms with E-state index in [0.717, 1.165) is 25.7 Å². The largest absolute Gasteiger partial charge is 0.311 e. The van der Waals surface area contributed by atoms with Gasteiger partial charge in [-0.15, -0.1) is 5.10 Å². The molecular formula is C15H20N6O. The summed E-state index contributed by atoms with van der Waals surface area (Å²) in [5, 5.41) is 14.2. The third kappa shape index (κ3) is 3.66. The summed E-state index contributed by atoms with van der Waals surface area (Å²) in [5.41, 5.74) is -0.0630. The number of anilines is 1. The van der Waals surface area contributed by atoms with Gasteiger partial charge in [0.25, 0.3) is 0 Å². The van der Waals surface area contributed by atoms with Crippen LogP contribution in [0.4, 0.5) is 5.82 Å². The van der Waals surface area contributed by atoms with Crippen molar-refractivity contribution in [2.45, 2.75) is 45.1 Å². The van der Waals surface area contributed by atoms with E-state index in [4.69, 9.17) is 0 Å². The van der Waals surface area contributed by atoms with Gasteiger partial charge in [0.05, 0.1) is 6.54 Å². The first-order valence-electron chi connectivity index (χ1n) is 7.67. The van der Waals surface area contributed by atoms with Crippen molar-refractivity contribution in [2.24, 2.45) is 5.41 Å². The smallest absolute Gasteiger partial charge is 0.226 e. The van der Waals surface area contributed by atoms with Crippen LogP contribution in [0.25, 0.3) is 0 Å². The Morgan fingerprint density at radius 1 is 1.27 bits per heavy atom. The molecule has 0 spiro atoms. The van der Waals surface area contributed by atoms with Gasteiger partial charge in [-0.1, -0.05) is 25.3 Å². The van der Waals surface area contributed by atoms with Gasteiger partial charge in [-0.25, -0.2) is 9.67 Å². The zero-order valence-electron chi connectivity index (χ0n) is 12.5. The molecule has 0 atom stereocenters. The molecule has 1 aliphatic rings. The van der Waals surface area contributed by atoms with Gasteiger partial charge >= 0.3 is 0 Å². The van der Waals surface area contributed by atoms with Crippen molar-refractivity contribution >= 4 is 11.7 Å². The maximum Gasteiger partial charge on any atom is 0.226 e. The van der Waals surface area contributed by atoms with Crippen molar-refractivity contribution < 1.29 is 4.79 Å². The first-order valence-corrected chi connectivity index (χ1v) is 7.67. The van der Waals surface area contributed by atoms with E-state index in [-0.39, 0.29) is 11.3 Å². The Kier molecular flexibility index (Phi) is 4.41. The standard InChI is InChI=1S/C15H20N6O/c22-14(18-13-6-2-5-9-16-13)10-15(7-3-1-4-8-15)11-21-12-17-19-20-21/h2,5-6,9,12H,1,3-4,7-8,10-11H2,(H,16,18,22). The molecule has 0 unspecified atom stereocenters. The molecule has 7 heteroatoms. The van der Waals surface area contributed by atoms with E-state index in [2.05, 4.69) is 25.8 Å². The Hall–Kier alpha value is -2.31. The molecule has 22 heavy (non-hydrogen) atoms. The van der Waals surface area contributed by atoms with Gasteiger partial charge in [0.2, 0.25) is 5.91 Å². The van der Waals surface area contributed by atoms with Gasteiger partial charge in [0.1, 0.15) is 12.1 Å². The fourth-order valence-electron chi connectivity index (χ4n) is 3.25. The van der Waals surface area contributed by atoms with Crippen LogP contribution >= 0.6 is 0 Å². The molecule has 1 N–H and O–H groups in total. The predicted octanol–water partition coefficient (Wildman–Crippen LogP) is 2.05. The van der Waals surface area contributed by atoms with Gasteiger partial charge in [-0.2, -0.15) is 0 Å². The number of hydrogen-bond donors (Lipinski definition) is 1. The van der Waals surface area contributed by atoms with E-state index in [9.17, 15) is 4.79 Å². The molecule has 3 rings (SSSR count). The molecule has 1 saturated carbocycles. The van der Waals surface area contributed by atoms with Crippen LogP contribution in [0, 0.1) is 5.41 Å². The van der Waals surface area contributed by atoms with Crippen LogP contribution in [0.1, 0.15) is 38.5 Å². The maximum absolute atomic E-state index is 12.4. The predicted molar refractivity (Wildman–Crippen MR) is 80.8 cm³/mol. The zero-order chi connectivity index (χ0) is 15.3. The van der Waals surface area contributed by atoms with Crippen LogP contribution in [0.5, 0.6) is 0 Å². The number of carbonyl (C=O) groups excluding carboxylic acids is 1. The topological polar surface area (TPSA) is 85.6 Å². The average molecular weight is 300 g/mol. The molecule has 1 amide bonds. The van der Waals surface area contributed by atoms with E-state index in [0.29, 0.717) is 18.8 Å². The number of hydrogen-bond acceptors (Lipinski definition) is 5. The molecule has 1 fully saturated rings. The van der Waals surface area contributed by atoms with Gasteiger partial charge in [0, 0.05) is 12.6 Å². The fourth-order valence-corrected chi connectivity index (χ4v) is 3.25. The minimum Gasteiger partial charge on any atom is -0.311 e. The highest BCUT2D eigenvalue weighted by Gasteiger charge is 2.35. The van der Waals surface area contributed by atoms with Gasteiger partial charge in [-0.3, -0.25) is 4.79 Å². The molecule has 0 aliphatic heterocycles. The highest BCUT2D eigenvalue weighted by molar-refractivity contribution is 5.90. The average Bonchev–Trinajstić information content (AvgIpc) is 3.01. The highest BCUT2D eigenvalue weighted by atomic mass is 16.1. The van der Waals surface area contributed by atoms with Gasteiger partial charge < -0.3 is 5.32 Å². The van der Waals surface area contributed by atoms with E-state index in [1.165, 1.54) is 6.42 Å². The monoisotopic (exact) mass is 300 g/mol. The number of aromatic nitrogens is 5. The molecule has 2 aromatic rings. The van der Waals surface area contributed by atoms with Crippen LogP contribution in [-0.4, -0.2) is 31.1 Å². The molecule has 0 aromatic carbocycles. The van der Waals surface area contributed by atoms with Crippen LogP contribution < -0.4 is 5.32 Å². The fraction of sp³-hybridized carbons (Fsp3) is 0.533. The maximum atomic E-state index is 12.4. The summed E-state index contributed by atoms with van der Waals surface area (Å²) in [4.78, 5) is 16.5. The molecule has 116 valence electrons. The van der Waals surface area contributed by atoms with Crippen molar-refractivity contribution in [3.8, 4) is 0 Å². The molecule has 2 aromatic heterocycles. The molecular weight excluding hydrogens is 280 g/mol. The molecule has 0 radical (unpaired) electrons. The normalized spacial score (nSPS) is 17.1. The third-order valence-electron chi connectivity index (χ3n) is 4.27. The number of pyridine rings is 1. The first-order chi connectivity index (χ1) is 10.8. The Labute approximate surface area is 129 Å². The van der Waals surface area contributed by atoms with Crippen molar-refractivity contribution in [3.63, 3.8) is 0 Å². The molecule has 0 bridgehead atoms. The Morgan fingerprint density at radius 3 is 2.82 bits per heavy atom. The Morgan fingerprint density at radius 2 is 2.14 bits per heavy atom. The lowest BCUT2D eigenvalue weighted by atomic mass is 9.71. The second kappa shape index (κ2) is 6.64. The molecule has 1 aliphatic carbocycles. The van der Waals surface area contributed by atoms with Crippen LogP contribution in [0.3, 0.4) is 0 Å². The Bertz CT molecular complexity index is 592. The zero-order valence-corrected chi connectivity index (χ0v) is 12.5. The quantitative estimate of drug-likeness (QED) is 0.913. The second-order valence-corrected chi connectivity index (χ2v) is 6.01. The summed E-state index contributed by atoms with van der Waals surface area (Å²) in [7, 11) is 0. The second-order valence-electron chi connectivity index (χ2n) is 6.01. The lowest BCUT2D eigenvalue weighted by Crippen LogP contribution is -2.34. The molecule has 2 heterocycles. The summed E-state index contributed by atoms with van der Waals surface area (Å²) in [6.07, 6.45) is 9.37. The molecule has 7 nitrogen and oxygen atoms in total. The van der Waals surface area contributed by atoms with E-state index in [1.54, 1.807) is 23.3 Å². The number of amides is 1. The minimum atomic E-state index is -0.0630. The Balaban J connectivity index is 1.68. The summed E-state index contributed by atoms with van der Waals surface area (Å²) < 4.78 is 1.74. The lowest BCUT2D eigenvalue weighted by Gasteiger charge is -2.36. The van der Waals surface area contributed by atoms with Crippen LogP contribution in [0.15, 0.2) is 30.7 Å². The number of nitrogens with one attached hydrogen (secondary N) is 1.